The largest absolute Gasteiger partial charge is 0.366 e. The van der Waals surface area contributed by atoms with E-state index in [1.54, 1.807) is 24.4 Å². The number of rotatable bonds is 4. The number of amides is 1. The van der Waals surface area contributed by atoms with Crippen LogP contribution in [0, 0.1) is 5.82 Å². The average molecular weight is 339 g/mol. The van der Waals surface area contributed by atoms with Crippen LogP contribution in [0.1, 0.15) is 47.5 Å². The standard InChI is InChI=1S/C20H22FN3O/c21-15-7-4-6-14(12-15)17-13-18(17)23-19-16(8-5-9-22-19)20(25)24-10-2-1-3-11-24/h4-9,12,17-18H,1-3,10-11,13H2,(H,22,23)/t17-,18+/m0/s1. The molecule has 1 saturated heterocycles. The number of anilines is 1. The first-order valence-electron chi connectivity index (χ1n) is 8.98. The second kappa shape index (κ2) is 6.82. The maximum atomic E-state index is 13.4. The average Bonchev–Trinajstić information content (AvgIpc) is 3.42. The van der Waals surface area contributed by atoms with Crippen molar-refractivity contribution in [3.63, 3.8) is 0 Å². The van der Waals surface area contributed by atoms with Crippen molar-refractivity contribution in [1.29, 1.82) is 0 Å². The molecule has 1 aromatic carbocycles. The van der Waals surface area contributed by atoms with Gasteiger partial charge in [-0.15, -0.1) is 0 Å². The van der Waals surface area contributed by atoms with Crippen molar-refractivity contribution in [1.82, 2.24) is 9.88 Å². The molecule has 2 aromatic rings. The molecule has 4 nitrogen and oxygen atoms in total. The summed E-state index contributed by atoms with van der Waals surface area (Å²) < 4.78 is 13.4. The number of nitrogens with zero attached hydrogens (tertiary/aromatic N) is 2. The first kappa shape index (κ1) is 16.1. The summed E-state index contributed by atoms with van der Waals surface area (Å²) in [5.41, 5.74) is 1.63. The van der Waals surface area contributed by atoms with Gasteiger partial charge in [0.2, 0.25) is 0 Å². The minimum atomic E-state index is -0.207. The normalized spacial score (nSPS) is 22.5. The van der Waals surface area contributed by atoms with E-state index in [-0.39, 0.29) is 23.7 Å². The predicted molar refractivity (Wildman–Crippen MR) is 95.2 cm³/mol. The number of aromatic nitrogens is 1. The Morgan fingerprint density at radius 1 is 1.16 bits per heavy atom. The van der Waals surface area contributed by atoms with Gasteiger partial charge in [0.25, 0.3) is 5.91 Å². The smallest absolute Gasteiger partial charge is 0.257 e. The van der Waals surface area contributed by atoms with E-state index < -0.39 is 0 Å². The van der Waals surface area contributed by atoms with Gasteiger partial charge >= 0.3 is 0 Å². The van der Waals surface area contributed by atoms with E-state index in [0.717, 1.165) is 37.9 Å². The summed E-state index contributed by atoms with van der Waals surface area (Å²) in [5.74, 6) is 0.762. The van der Waals surface area contributed by atoms with Crippen molar-refractivity contribution in [3.05, 3.63) is 59.5 Å². The van der Waals surface area contributed by atoms with Crippen LogP contribution in [-0.4, -0.2) is 34.9 Å². The van der Waals surface area contributed by atoms with Gasteiger partial charge in [0.1, 0.15) is 11.6 Å². The molecule has 130 valence electrons. The Balaban J connectivity index is 1.48. The maximum Gasteiger partial charge on any atom is 0.257 e. The predicted octanol–water partition coefficient (Wildman–Crippen LogP) is 3.81. The zero-order valence-corrected chi connectivity index (χ0v) is 14.1. The molecule has 1 N–H and O–H groups in total. The van der Waals surface area contributed by atoms with Gasteiger partial charge in [-0.3, -0.25) is 4.79 Å². The van der Waals surface area contributed by atoms with Crippen LogP contribution in [0.5, 0.6) is 0 Å². The second-order valence-electron chi connectivity index (χ2n) is 6.90. The topological polar surface area (TPSA) is 45.2 Å². The highest BCUT2D eigenvalue weighted by atomic mass is 19.1. The molecule has 0 bridgehead atoms. The molecule has 0 unspecified atom stereocenters. The molecule has 1 amide bonds. The number of halogens is 1. The minimum absolute atomic E-state index is 0.0539. The maximum absolute atomic E-state index is 13.4. The molecule has 1 saturated carbocycles. The molecule has 25 heavy (non-hydrogen) atoms. The molecule has 1 aliphatic heterocycles. The van der Waals surface area contributed by atoms with Crippen LogP contribution in [0.2, 0.25) is 0 Å². The van der Waals surface area contributed by atoms with Crippen molar-refractivity contribution in [2.75, 3.05) is 18.4 Å². The summed E-state index contributed by atoms with van der Waals surface area (Å²) in [7, 11) is 0. The van der Waals surface area contributed by atoms with Crippen LogP contribution in [0.25, 0.3) is 0 Å². The number of pyridine rings is 1. The summed E-state index contributed by atoms with van der Waals surface area (Å²) in [6, 6.07) is 10.6. The van der Waals surface area contributed by atoms with Crippen LogP contribution in [0.3, 0.4) is 0 Å². The lowest BCUT2D eigenvalue weighted by Gasteiger charge is -2.27. The number of carbonyl (C=O) groups is 1. The summed E-state index contributed by atoms with van der Waals surface area (Å²) in [4.78, 5) is 19.1. The molecule has 0 radical (unpaired) electrons. The van der Waals surface area contributed by atoms with E-state index in [0.29, 0.717) is 11.4 Å². The first-order valence-corrected chi connectivity index (χ1v) is 8.98. The monoisotopic (exact) mass is 339 g/mol. The van der Waals surface area contributed by atoms with Gasteiger partial charge in [-0.05, 0) is 55.5 Å². The van der Waals surface area contributed by atoms with Crippen molar-refractivity contribution in [2.45, 2.75) is 37.6 Å². The molecule has 1 aliphatic carbocycles. The third-order valence-corrected chi connectivity index (χ3v) is 5.07. The van der Waals surface area contributed by atoms with E-state index in [1.807, 2.05) is 17.0 Å². The lowest BCUT2D eigenvalue weighted by atomic mass is 10.1. The van der Waals surface area contributed by atoms with Gasteiger partial charge < -0.3 is 10.2 Å². The fraction of sp³-hybridized carbons (Fsp3) is 0.400. The van der Waals surface area contributed by atoms with Crippen LogP contribution >= 0.6 is 0 Å². The lowest BCUT2D eigenvalue weighted by molar-refractivity contribution is 0.0725. The van der Waals surface area contributed by atoms with Crippen molar-refractivity contribution < 1.29 is 9.18 Å². The van der Waals surface area contributed by atoms with E-state index in [2.05, 4.69) is 10.3 Å². The fourth-order valence-corrected chi connectivity index (χ4v) is 3.60. The number of piperidine rings is 1. The number of carbonyl (C=O) groups excluding carboxylic acids is 1. The summed E-state index contributed by atoms with van der Waals surface area (Å²) in [6.45, 7) is 1.64. The highest BCUT2D eigenvalue weighted by Crippen LogP contribution is 2.43. The van der Waals surface area contributed by atoms with Crippen LogP contribution < -0.4 is 5.32 Å². The van der Waals surface area contributed by atoms with E-state index in [4.69, 9.17) is 0 Å². The zero-order chi connectivity index (χ0) is 17.2. The van der Waals surface area contributed by atoms with Crippen molar-refractivity contribution in [2.24, 2.45) is 0 Å². The Morgan fingerprint density at radius 2 is 2.00 bits per heavy atom. The Bertz CT molecular complexity index is 773. The van der Waals surface area contributed by atoms with E-state index in [9.17, 15) is 9.18 Å². The van der Waals surface area contributed by atoms with Gasteiger partial charge in [0.15, 0.2) is 0 Å². The SMILES string of the molecule is O=C(c1cccnc1N[C@@H]1C[C@H]1c1cccc(F)c1)N1CCCCC1. The first-order chi connectivity index (χ1) is 12.2. The molecule has 1 aromatic heterocycles. The Kier molecular flexibility index (Phi) is 4.38. The molecular formula is C20H22FN3O. The van der Waals surface area contributed by atoms with Crippen molar-refractivity contribution in [3.8, 4) is 0 Å². The van der Waals surface area contributed by atoms with Crippen LogP contribution in [0.15, 0.2) is 42.6 Å². The Labute approximate surface area is 147 Å². The molecular weight excluding hydrogens is 317 g/mol. The molecule has 2 fully saturated rings. The minimum Gasteiger partial charge on any atom is -0.366 e. The summed E-state index contributed by atoms with van der Waals surface area (Å²) >= 11 is 0. The zero-order valence-electron chi connectivity index (χ0n) is 14.1. The van der Waals surface area contributed by atoms with Gasteiger partial charge in [-0.2, -0.15) is 0 Å². The van der Waals surface area contributed by atoms with E-state index >= 15 is 0 Å². The summed E-state index contributed by atoms with van der Waals surface area (Å²) in [5, 5.41) is 3.39. The van der Waals surface area contributed by atoms with Gasteiger partial charge in [-0.25, -0.2) is 9.37 Å². The highest BCUT2D eigenvalue weighted by molar-refractivity contribution is 5.98. The molecule has 4 rings (SSSR count). The summed E-state index contributed by atoms with van der Waals surface area (Å²) in [6.07, 6.45) is 5.96. The number of benzene rings is 1. The van der Waals surface area contributed by atoms with Crippen LogP contribution in [0.4, 0.5) is 10.2 Å². The molecule has 5 heteroatoms. The Morgan fingerprint density at radius 3 is 2.80 bits per heavy atom. The fourth-order valence-electron chi connectivity index (χ4n) is 3.60. The molecule has 2 heterocycles. The third kappa shape index (κ3) is 3.50. The third-order valence-electron chi connectivity index (χ3n) is 5.07. The number of hydrogen-bond acceptors (Lipinski definition) is 3. The van der Waals surface area contributed by atoms with Crippen LogP contribution in [-0.2, 0) is 0 Å². The van der Waals surface area contributed by atoms with Crippen molar-refractivity contribution >= 4 is 11.7 Å². The molecule has 2 aliphatic rings. The second-order valence-corrected chi connectivity index (χ2v) is 6.90. The molecule has 0 spiro atoms. The highest BCUT2D eigenvalue weighted by Gasteiger charge is 2.39. The van der Waals surface area contributed by atoms with E-state index in [1.165, 1.54) is 12.5 Å². The number of hydrogen-bond donors (Lipinski definition) is 1. The van der Waals surface area contributed by atoms with Gasteiger partial charge in [-0.1, -0.05) is 12.1 Å². The lowest BCUT2D eigenvalue weighted by Crippen LogP contribution is -2.36. The Hall–Kier alpha value is -2.43. The van der Waals surface area contributed by atoms with Gasteiger partial charge in [0.05, 0.1) is 5.56 Å². The quantitative estimate of drug-likeness (QED) is 0.921. The van der Waals surface area contributed by atoms with Gasteiger partial charge in [0, 0.05) is 31.2 Å². The number of likely N-dealkylation sites (tertiary alicyclic amines) is 1. The number of nitrogens with one attached hydrogen (secondary N) is 1. The molecule has 2 atom stereocenters.